The topological polar surface area (TPSA) is 0 Å². The minimum Gasteiger partial charge on any atom is -0.113 e. The second-order valence-electron chi connectivity index (χ2n) is 6.01. The van der Waals surface area contributed by atoms with E-state index < -0.39 is 0 Å². The highest BCUT2D eigenvalue weighted by Gasteiger charge is 2.12. The number of benzene rings is 1. The number of rotatable bonds is 2. The first-order valence-corrected chi connectivity index (χ1v) is 8.17. The van der Waals surface area contributed by atoms with Crippen molar-refractivity contribution in [2.24, 2.45) is 0 Å². The lowest BCUT2D eigenvalue weighted by Crippen LogP contribution is -1.97. The molecule has 1 fully saturated rings. The van der Waals surface area contributed by atoms with Gasteiger partial charge in [-0.1, -0.05) is 42.8 Å². The van der Waals surface area contributed by atoms with Crippen molar-refractivity contribution < 1.29 is 0 Å². The molecule has 20 heavy (non-hydrogen) atoms. The van der Waals surface area contributed by atoms with E-state index in [1.807, 2.05) is 0 Å². The molecule has 0 aromatic heterocycles. The van der Waals surface area contributed by atoms with Gasteiger partial charge < -0.3 is 0 Å². The molecule has 3 rings (SSSR count). The van der Waals surface area contributed by atoms with Crippen LogP contribution in [0.4, 0.5) is 0 Å². The van der Waals surface area contributed by atoms with E-state index in [1.54, 1.807) is 5.57 Å². The van der Waals surface area contributed by atoms with Gasteiger partial charge in [0.25, 0.3) is 0 Å². The summed E-state index contributed by atoms with van der Waals surface area (Å²) in [7, 11) is 0. The molecule has 1 saturated carbocycles. The summed E-state index contributed by atoms with van der Waals surface area (Å²) in [5.74, 6) is 0. The fourth-order valence-corrected chi connectivity index (χ4v) is 3.29. The Morgan fingerprint density at radius 3 is 2.25 bits per heavy atom. The molecule has 0 atom stereocenters. The molecule has 104 valence electrons. The van der Waals surface area contributed by atoms with Crippen molar-refractivity contribution >= 4 is 5.57 Å². The maximum absolute atomic E-state index is 3.81. The SMILES string of the molecule is C(=C1CCCCC1)=C(C1=CCCCC1)c1ccccc1. The molecule has 0 heteroatoms. The lowest BCUT2D eigenvalue weighted by atomic mass is 9.88. The fourth-order valence-electron chi connectivity index (χ4n) is 3.29. The van der Waals surface area contributed by atoms with Crippen LogP contribution in [0.25, 0.3) is 5.57 Å². The first-order valence-electron chi connectivity index (χ1n) is 8.17. The van der Waals surface area contributed by atoms with Crippen molar-refractivity contribution in [3.8, 4) is 0 Å². The van der Waals surface area contributed by atoms with Crippen LogP contribution in [-0.2, 0) is 0 Å². The van der Waals surface area contributed by atoms with Gasteiger partial charge in [0, 0.05) is 5.57 Å². The summed E-state index contributed by atoms with van der Waals surface area (Å²) in [6.07, 6.45) is 14.2. The maximum atomic E-state index is 3.81. The van der Waals surface area contributed by atoms with Gasteiger partial charge in [-0.05, 0) is 68.1 Å². The third kappa shape index (κ3) is 3.32. The van der Waals surface area contributed by atoms with Gasteiger partial charge >= 0.3 is 0 Å². The molecule has 0 unspecified atom stereocenters. The number of hydrogen-bond acceptors (Lipinski definition) is 0. The van der Waals surface area contributed by atoms with Crippen LogP contribution in [0, 0.1) is 0 Å². The summed E-state index contributed by atoms with van der Waals surface area (Å²) in [5.41, 5.74) is 9.60. The molecule has 0 radical (unpaired) electrons. The normalized spacial score (nSPS) is 19.2. The first-order chi connectivity index (χ1) is 9.93. The third-order valence-electron chi connectivity index (χ3n) is 4.43. The second-order valence-corrected chi connectivity index (χ2v) is 6.01. The summed E-state index contributed by atoms with van der Waals surface area (Å²) >= 11 is 0. The van der Waals surface area contributed by atoms with Crippen molar-refractivity contribution in [3.63, 3.8) is 0 Å². The molecule has 1 aromatic rings. The molecule has 0 saturated heterocycles. The van der Waals surface area contributed by atoms with Crippen LogP contribution in [0.15, 0.2) is 53.3 Å². The van der Waals surface area contributed by atoms with Crippen molar-refractivity contribution in [3.05, 3.63) is 58.8 Å². The van der Waals surface area contributed by atoms with Crippen molar-refractivity contribution in [1.29, 1.82) is 0 Å². The maximum Gasteiger partial charge on any atom is 0.0265 e. The zero-order valence-electron chi connectivity index (χ0n) is 12.3. The molecule has 0 aliphatic heterocycles. The zero-order valence-corrected chi connectivity index (χ0v) is 12.3. The van der Waals surface area contributed by atoms with Crippen LogP contribution in [0.2, 0.25) is 0 Å². The highest BCUT2D eigenvalue weighted by molar-refractivity contribution is 5.78. The van der Waals surface area contributed by atoms with Crippen LogP contribution in [0.5, 0.6) is 0 Å². The zero-order chi connectivity index (χ0) is 13.6. The molecule has 0 bridgehead atoms. The van der Waals surface area contributed by atoms with Crippen LogP contribution >= 0.6 is 0 Å². The smallest absolute Gasteiger partial charge is 0.0265 e. The Labute approximate surface area is 122 Å². The van der Waals surface area contributed by atoms with Gasteiger partial charge in [0.2, 0.25) is 0 Å². The standard InChI is InChI=1S/C20H24/c1-4-10-17(11-5-1)16-20(18-12-6-2-7-13-18)19-14-8-3-9-15-19/h2,6-7,12-14H,1,3-5,8-11,15H2. The Balaban J connectivity index is 2.03. The predicted molar refractivity (Wildman–Crippen MR) is 86.5 cm³/mol. The van der Waals surface area contributed by atoms with E-state index in [0.29, 0.717) is 0 Å². The van der Waals surface area contributed by atoms with E-state index >= 15 is 0 Å². The fraction of sp³-hybridized carbons (Fsp3) is 0.450. The summed E-state index contributed by atoms with van der Waals surface area (Å²) < 4.78 is 0. The van der Waals surface area contributed by atoms with Gasteiger partial charge in [-0.2, -0.15) is 0 Å². The molecule has 0 spiro atoms. The number of allylic oxidation sites excluding steroid dienone is 3. The van der Waals surface area contributed by atoms with Crippen LogP contribution < -0.4 is 0 Å². The van der Waals surface area contributed by atoms with E-state index in [2.05, 4.69) is 42.1 Å². The third-order valence-corrected chi connectivity index (χ3v) is 4.43. The summed E-state index contributed by atoms with van der Waals surface area (Å²) in [4.78, 5) is 0. The van der Waals surface area contributed by atoms with E-state index in [4.69, 9.17) is 0 Å². The second kappa shape index (κ2) is 6.77. The van der Waals surface area contributed by atoms with Crippen LogP contribution in [-0.4, -0.2) is 0 Å². The Hall–Kier alpha value is -1.52. The molecule has 2 aliphatic rings. The monoisotopic (exact) mass is 264 g/mol. The molecule has 0 amide bonds. The van der Waals surface area contributed by atoms with Crippen molar-refractivity contribution in [2.75, 3.05) is 0 Å². The Morgan fingerprint density at radius 2 is 1.55 bits per heavy atom. The molecule has 0 heterocycles. The van der Waals surface area contributed by atoms with Crippen LogP contribution in [0.3, 0.4) is 0 Å². The van der Waals surface area contributed by atoms with Gasteiger partial charge in [-0.25, -0.2) is 0 Å². The van der Waals surface area contributed by atoms with E-state index in [0.717, 1.165) is 0 Å². The lowest BCUT2D eigenvalue weighted by molar-refractivity contribution is 0.600. The lowest BCUT2D eigenvalue weighted by Gasteiger charge is -2.17. The van der Waals surface area contributed by atoms with Crippen molar-refractivity contribution in [2.45, 2.75) is 57.8 Å². The molecule has 0 nitrogen and oxygen atoms in total. The Bertz CT molecular complexity index is 531. The van der Waals surface area contributed by atoms with Gasteiger partial charge in [0.15, 0.2) is 0 Å². The average molecular weight is 264 g/mol. The molecule has 1 aromatic carbocycles. The minimum atomic E-state index is 1.23. The van der Waals surface area contributed by atoms with Gasteiger partial charge in [0.05, 0.1) is 0 Å². The minimum absolute atomic E-state index is 1.23. The quantitative estimate of drug-likeness (QED) is 0.569. The van der Waals surface area contributed by atoms with E-state index in [-0.39, 0.29) is 0 Å². The average Bonchev–Trinajstić information content (AvgIpc) is 2.55. The van der Waals surface area contributed by atoms with Crippen LogP contribution in [0.1, 0.15) is 63.4 Å². The summed E-state index contributed by atoms with van der Waals surface area (Å²) in [6.45, 7) is 0. The van der Waals surface area contributed by atoms with Gasteiger partial charge in [-0.3, -0.25) is 0 Å². The van der Waals surface area contributed by atoms with Gasteiger partial charge in [0.1, 0.15) is 0 Å². The van der Waals surface area contributed by atoms with E-state index in [9.17, 15) is 0 Å². The highest BCUT2D eigenvalue weighted by atomic mass is 14.2. The predicted octanol–water partition coefficient (Wildman–Crippen LogP) is 6.06. The Morgan fingerprint density at radius 1 is 0.800 bits per heavy atom. The van der Waals surface area contributed by atoms with Gasteiger partial charge in [-0.15, -0.1) is 5.73 Å². The molecular formula is C20H24. The number of hydrogen-bond donors (Lipinski definition) is 0. The summed E-state index contributed by atoms with van der Waals surface area (Å²) in [6, 6.07) is 10.9. The molecular weight excluding hydrogens is 240 g/mol. The highest BCUT2D eigenvalue weighted by Crippen LogP contribution is 2.32. The molecule has 0 N–H and O–H groups in total. The Kier molecular flexibility index (Phi) is 4.56. The first kappa shape index (κ1) is 13.5. The molecule has 2 aliphatic carbocycles. The van der Waals surface area contributed by atoms with Crippen molar-refractivity contribution in [1.82, 2.24) is 0 Å². The largest absolute Gasteiger partial charge is 0.113 e. The van der Waals surface area contributed by atoms with E-state index in [1.165, 1.54) is 74.5 Å². The summed E-state index contributed by atoms with van der Waals surface area (Å²) in [5, 5.41) is 0.